The van der Waals surface area contributed by atoms with Crippen molar-refractivity contribution >= 4 is 59.0 Å². The molecule has 0 bridgehead atoms. The molecule has 0 radical (unpaired) electrons. The van der Waals surface area contributed by atoms with E-state index < -0.39 is 5.41 Å². The molecule has 0 saturated carbocycles. The van der Waals surface area contributed by atoms with Crippen molar-refractivity contribution in [3.05, 3.63) is 82.7 Å². The second-order valence-corrected chi connectivity index (χ2v) is 10.8. The molecule has 1 aromatic carbocycles. The molecule has 10 nitrogen and oxygen atoms in total. The maximum Gasteiger partial charge on any atom is 0.294 e. The number of nitrogens with zero attached hydrogens (tertiary/aromatic N) is 4. The molecule has 0 spiro atoms. The second-order valence-electron chi connectivity index (χ2n) is 10.8. The summed E-state index contributed by atoms with van der Waals surface area (Å²) in [4.78, 5) is 45.8. The minimum absolute atomic E-state index is 0. The van der Waals surface area contributed by atoms with E-state index in [9.17, 15) is 14.4 Å². The van der Waals surface area contributed by atoms with E-state index >= 15 is 0 Å². The van der Waals surface area contributed by atoms with Crippen LogP contribution in [-0.2, 0) is 29.1 Å². The van der Waals surface area contributed by atoms with Gasteiger partial charge in [-0.2, -0.15) is 0 Å². The number of fused-ring (bicyclic) bond motifs is 2. The normalized spacial score (nSPS) is 14.1. The molecule has 0 atom stereocenters. The zero-order valence-corrected chi connectivity index (χ0v) is 26.3. The molecule has 0 unspecified atom stereocenters. The van der Waals surface area contributed by atoms with Crippen LogP contribution in [-0.4, -0.2) is 48.6 Å². The maximum absolute atomic E-state index is 12.9. The van der Waals surface area contributed by atoms with Crippen molar-refractivity contribution < 1.29 is 18.7 Å². The van der Waals surface area contributed by atoms with Crippen molar-refractivity contribution in [3.8, 4) is 5.75 Å². The Morgan fingerprint density at radius 1 is 0.953 bits per heavy atom. The Kier molecular flexibility index (Phi) is 11.0. The third-order valence-corrected chi connectivity index (χ3v) is 7.52. The molecular weight excluding hydrogens is 593 g/mol. The number of nitrogens with one attached hydrogen (secondary N) is 1. The lowest BCUT2D eigenvalue weighted by atomic mass is 9.90. The van der Waals surface area contributed by atoms with E-state index in [0.717, 1.165) is 29.6 Å². The Hall–Kier alpha value is -3.86. The van der Waals surface area contributed by atoms with Crippen LogP contribution in [0, 0.1) is 5.41 Å². The maximum atomic E-state index is 12.9. The Morgan fingerprint density at radius 2 is 1.70 bits per heavy atom. The van der Waals surface area contributed by atoms with Gasteiger partial charge in [-0.05, 0) is 68.8 Å². The number of pyridine rings is 2. The number of rotatable bonds is 10. The van der Waals surface area contributed by atoms with E-state index in [-0.39, 0.29) is 42.2 Å². The van der Waals surface area contributed by atoms with Crippen molar-refractivity contribution in [2.75, 3.05) is 37.0 Å². The number of hydrogen-bond donors (Lipinski definition) is 1. The van der Waals surface area contributed by atoms with Crippen LogP contribution in [0.15, 0.2) is 70.3 Å². The lowest BCUT2D eigenvalue weighted by molar-refractivity contribution is -0.137. The summed E-state index contributed by atoms with van der Waals surface area (Å²) in [7, 11) is 3.38. The minimum atomic E-state index is -1.14. The number of furan rings is 1. The van der Waals surface area contributed by atoms with E-state index in [2.05, 4.69) is 16.4 Å². The molecule has 1 aliphatic rings. The summed E-state index contributed by atoms with van der Waals surface area (Å²) in [5.41, 5.74) is 2.45. The van der Waals surface area contributed by atoms with Gasteiger partial charge in [-0.1, -0.05) is 0 Å². The number of anilines is 2. The molecule has 1 N–H and O–H groups in total. The van der Waals surface area contributed by atoms with Crippen molar-refractivity contribution in [1.29, 1.82) is 0 Å². The van der Waals surface area contributed by atoms with Crippen LogP contribution in [0.5, 0.6) is 5.75 Å². The van der Waals surface area contributed by atoms with Crippen LogP contribution in [0.4, 0.5) is 11.4 Å². The Morgan fingerprint density at radius 3 is 2.47 bits per heavy atom. The predicted molar refractivity (Wildman–Crippen MR) is 172 cm³/mol. The monoisotopic (exact) mass is 629 g/mol. The van der Waals surface area contributed by atoms with E-state index in [0.29, 0.717) is 48.8 Å². The van der Waals surface area contributed by atoms with Crippen LogP contribution in [0.25, 0.3) is 11.0 Å². The van der Waals surface area contributed by atoms with Gasteiger partial charge in [0.25, 0.3) is 5.56 Å². The first-order chi connectivity index (χ1) is 19.7. The summed E-state index contributed by atoms with van der Waals surface area (Å²) < 4.78 is 12.9. The highest BCUT2D eigenvalue weighted by Crippen LogP contribution is 2.39. The van der Waals surface area contributed by atoms with Crippen molar-refractivity contribution in [3.63, 3.8) is 0 Å². The quantitative estimate of drug-likeness (QED) is 0.202. The number of carbonyl (C=O) groups is 2. The average Bonchev–Trinajstić information content (AvgIpc) is 3.45. The van der Waals surface area contributed by atoms with Crippen molar-refractivity contribution in [2.45, 2.75) is 39.8 Å². The summed E-state index contributed by atoms with van der Waals surface area (Å²) >= 11 is 0. The molecule has 3 aromatic heterocycles. The third-order valence-electron chi connectivity index (χ3n) is 7.52. The summed E-state index contributed by atoms with van der Waals surface area (Å²) in [5.74, 6) is 0.155. The molecule has 1 aliphatic heterocycles. The number of aryl methyl sites for hydroxylation is 2. The zero-order valence-electron chi connectivity index (χ0n) is 24.7. The Balaban J connectivity index is 0.00000253. The number of hydrogen-bond acceptors (Lipinski definition) is 7. The lowest BCUT2D eigenvalue weighted by Crippen LogP contribution is -2.46. The second kappa shape index (κ2) is 14.1. The number of carbonyl (C=O) groups excluding carboxylic acids is 2. The van der Waals surface area contributed by atoms with Gasteiger partial charge in [0.05, 0.1) is 24.2 Å². The first kappa shape index (κ1) is 33.6. The van der Waals surface area contributed by atoms with Crippen LogP contribution in [0.1, 0.15) is 31.5 Å². The fourth-order valence-corrected chi connectivity index (χ4v) is 5.09. The number of aromatic nitrogens is 2. The first-order valence-corrected chi connectivity index (χ1v) is 13.7. The number of amides is 2. The van der Waals surface area contributed by atoms with E-state index in [4.69, 9.17) is 9.15 Å². The number of benzene rings is 1. The van der Waals surface area contributed by atoms with Crippen LogP contribution in [0.2, 0.25) is 0 Å². The molecule has 0 fully saturated rings. The number of halogens is 2. The summed E-state index contributed by atoms with van der Waals surface area (Å²) in [6, 6.07) is 13.1. The van der Waals surface area contributed by atoms with Gasteiger partial charge >= 0.3 is 0 Å². The molecule has 4 aromatic rings. The van der Waals surface area contributed by atoms with E-state index in [1.807, 2.05) is 30.3 Å². The molecule has 0 aliphatic carbocycles. The minimum Gasteiger partial charge on any atom is -0.493 e. The smallest absolute Gasteiger partial charge is 0.294 e. The summed E-state index contributed by atoms with van der Waals surface area (Å²) in [6.07, 6.45) is 6.53. The highest BCUT2D eigenvalue weighted by atomic mass is 35.5. The van der Waals surface area contributed by atoms with Gasteiger partial charge in [0.2, 0.25) is 11.8 Å². The molecule has 43 heavy (non-hydrogen) atoms. The predicted octanol–water partition coefficient (Wildman–Crippen LogP) is 4.60. The molecule has 12 heteroatoms. The van der Waals surface area contributed by atoms with Gasteiger partial charge in [-0.25, -0.2) is 0 Å². The Bertz CT molecular complexity index is 1650. The lowest BCUT2D eigenvalue weighted by Gasteiger charge is -2.25. The Labute approximate surface area is 262 Å². The van der Waals surface area contributed by atoms with Crippen LogP contribution >= 0.6 is 24.8 Å². The van der Waals surface area contributed by atoms with Gasteiger partial charge in [0, 0.05) is 63.1 Å². The van der Waals surface area contributed by atoms with Gasteiger partial charge in [0.15, 0.2) is 5.58 Å². The van der Waals surface area contributed by atoms with Gasteiger partial charge in [-0.15, -0.1) is 24.8 Å². The molecular formula is C31H37Cl2N5O5. The van der Waals surface area contributed by atoms with Crippen LogP contribution in [0.3, 0.4) is 0 Å². The topological polar surface area (TPSA) is 110 Å². The standard InChI is InChI=1S/C31H35N5O5.2ClH/c1-31(2)29(38)34(3)25-7-6-24(19-26(25)35(4)30(31)39)40-16-5-12-32-20-21-8-13-33-23(18-21)10-15-36-14-9-22-11-17-41-27(22)28(36)37;;/h6-9,11,13-14,17-19,32H,5,10,12,15-16,20H2,1-4H3;2*1H. The average molecular weight is 631 g/mol. The summed E-state index contributed by atoms with van der Waals surface area (Å²) in [6.45, 7) is 5.77. The number of ether oxygens (including phenoxy) is 1. The molecule has 5 rings (SSSR count). The zero-order chi connectivity index (χ0) is 29.1. The first-order valence-electron chi connectivity index (χ1n) is 13.7. The van der Waals surface area contributed by atoms with Crippen molar-refractivity contribution in [1.82, 2.24) is 14.9 Å². The molecule has 0 saturated heterocycles. The fourth-order valence-electron chi connectivity index (χ4n) is 5.09. The van der Waals surface area contributed by atoms with Gasteiger partial charge in [-0.3, -0.25) is 19.4 Å². The molecule has 4 heterocycles. The fraction of sp³-hybridized carbons (Fsp3) is 0.355. The van der Waals surface area contributed by atoms with Crippen LogP contribution < -0.4 is 25.4 Å². The summed E-state index contributed by atoms with van der Waals surface area (Å²) in [5, 5.41) is 4.24. The molecule has 2 amide bonds. The van der Waals surface area contributed by atoms with E-state index in [1.165, 1.54) is 16.1 Å². The van der Waals surface area contributed by atoms with E-state index in [1.54, 1.807) is 51.0 Å². The third kappa shape index (κ3) is 7.04. The largest absolute Gasteiger partial charge is 0.493 e. The SMILES string of the molecule is CN1C(=O)C(C)(C)C(=O)N(C)c2cc(OCCCNCc3ccnc(CCn4ccc5ccoc5c4=O)c3)ccc21.Cl.Cl. The highest BCUT2D eigenvalue weighted by Gasteiger charge is 2.44. The van der Waals surface area contributed by atoms with Gasteiger partial charge in [0.1, 0.15) is 11.2 Å². The van der Waals surface area contributed by atoms with Gasteiger partial charge < -0.3 is 28.8 Å². The molecule has 230 valence electrons. The van der Waals surface area contributed by atoms with Crippen molar-refractivity contribution in [2.24, 2.45) is 5.41 Å². The highest BCUT2D eigenvalue weighted by molar-refractivity contribution is 6.19.